The molecule has 1 amide bonds. The van der Waals surface area contributed by atoms with Gasteiger partial charge < -0.3 is 9.64 Å². The van der Waals surface area contributed by atoms with Gasteiger partial charge in [0.05, 0.1) is 0 Å². The lowest BCUT2D eigenvalue weighted by atomic mass is 10.1. The van der Waals surface area contributed by atoms with Crippen molar-refractivity contribution in [1.29, 1.82) is 0 Å². The molecule has 5 nitrogen and oxygen atoms in total. The monoisotopic (exact) mass is 267 g/mol. The minimum Gasteiger partial charge on any atom is -0.458 e. The molecule has 1 saturated heterocycles. The third kappa shape index (κ3) is 3.91. The van der Waals surface area contributed by atoms with Crippen LogP contribution in [0, 0.1) is 0 Å². The molecule has 1 rings (SSSR count). The van der Waals surface area contributed by atoms with Crippen LogP contribution in [0.15, 0.2) is 12.7 Å². The van der Waals surface area contributed by atoms with Crippen LogP contribution >= 0.6 is 0 Å². The fraction of sp³-hybridized carbons (Fsp3) is 0.643. The second kappa shape index (κ2) is 5.99. The van der Waals surface area contributed by atoms with E-state index in [0.29, 0.717) is 19.3 Å². The summed E-state index contributed by atoms with van der Waals surface area (Å²) < 4.78 is 5.30. The molecule has 0 aromatic carbocycles. The van der Waals surface area contributed by atoms with E-state index < -0.39 is 23.5 Å². The van der Waals surface area contributed by atoms with Gasteiger partial charge in [-0.1, -0.05) is 6.08 Å². The van der Waals surface area contributed by atoms with Gasteiger partial charge in [0.15, 0.2) is 0 Å². The van der Waals surface area contributed by atoms with Crippen molar-refractivity contribution >= 4 is 18.2 Å². The SMILES string of the molecule is C=CCC1CC[C@@H](C(=O)OC(C)(C)C)N1C(=O)C=O. The summed E-state index contributed by atoms with van der Waals surface area (Å²) in [6.07, 6.45) is 3.70. The standard InChI is InChI=1S/C14H21NO4/c1-5-6-10-7-8-11(15(10)12(17)9-16)13(18)19-14(2,3)4/h5,9-11H,1,6-8H2,2-4H3/t10?,11-/m0/s1. The summed E-state index contributed by atoms with van der Waals surface area (Å²) in [4.78, 5) is 35.8. The summed E-state index contributed by atoms with van der Waals surface area (Å²) in [5.41, 5.74) is -0.608. The number of hydrogen-bond acceptors (Lipinski definition) is 4. The van der Waals surface area contributed by atoms with Gasteiger partial charge in [-0.25, -0.2) is 4.79 Å². The summed E-state index contributed by atoms with van der Waals surface area (Å²) >= 11 is 0. The second-order valence-electron chi connectivity index (χ2n) is 5.67. The zero-order chi connectivity index (χ0) is 14.6. The molecule has 0 aliphatic carbocycles. The maximum Gasteiger partial charge on any atom is 0.329 e. The van der Waals surface area contributed by atoms with Gasteiger partial charge in [-0.15, -0.1) is 6.58 Å². The lowest BCUT2D eigenvalue weighted by molar-refractivity contribution is -0.164. The average Bonchev–Trinajstić information content (AvgIpc) is 2.70. The highest BCUT2D eigenvalue weighted by molar-refractivity contribution is 6.24. The quantitative estimate of drug-likeness (QED) is 0.335. The van der Waals surface area contributed by atoms with Gasteiger partial charge in [0.1, 0.15) is 11.6 Å². The van der Waals surface area contributed by atoms with Gasteiger partial charge >= 0.3 is 5.97 Å². The van der Waals surface area contributed by atoms with Gasteiger partial charge in [0.2, 0.25) is 6.29 Å². The number of esters is 1. The minimum atomic E-state index is -0.666. The Morgan fingerprint density at radius 1 is 1.37 bits per heavy atom. The number of hydrogen-bond donors (Lipinski definition) is 0. The van der Waals surface area contributed by atoms with Gasteiger partial charge in [-0.05, 0) is 40.0 Å². The Labute approximate surface area is 113 Å². The maximum absolute atomic E-state index is 12.1. The minimum absolute atomic E-state index is 0.146. The van der Waals surface area contributed by atoms with E-state index in [9.17, 15) is 14.4 Å². The molecule has 5 heteroatoms. The van der Waals surface area contributed by atoms with Crippen molar-refractivity contribution in [3.8, 4) is 0 Å². The van der Waals surface area contributed by atoms with Gasteiger partial charge in [-0.2, -0.15) is 0 Å². The highest BCUT2D eigenvalue weighted by Gasteiger charge is 2.41. The lowest BCUT2D eigenvalue weighted by Gasteiger charge is -2.29. The average molecular weight is 267 g/mol. The number of carbonyl (C=O) groups excluding carboxylic acids is 3. The smallest absolute Gasteiger partial charge is 0.329 e. The molecule has 0 radical (unpaired) electrons. The van der Waals surface area contributed by atoms with Crippen LogP contribution in [0.4, 0.5) is 0 Å². The Morgan fingerprint density at radius 3 is 2.47 bits per heavy atom. The van der Waals surface area contributed by atoms with E-state index in [1.165, 1.54) is 4.90 Å². The molecule has 0 N–H and O–H groups in total. The third-order valence-corrected chi connectivity index (χ3v) is 2.98. The Hall–Kier alpha value is -1.65. The van der Waals surface area contributed by atoms with Crippen LogP contribution in [-0.4, -0.2) is 40.7 Å². The zero-order valence-electron chi connectivity index (χ0n) is 11.7. The van der Waals surface area contributed by atoms with Crippen molar-refractivity contribution in [2.45, 2.75) is 57.7 Å². The van der Waals surface area contributed by atoms with Crippen LogP contribution in [0.3, 0.4) is 0 Å². The molecule has 1 aliphatic heterocycles. The molecule has 0 bridgehead atoms. The highest BCUT2D eigenvalue weighted by Crippen LogP contribution is 2.28. The molecule has 0 saturated carbocycles. The van der Waals surface area contributed by atoms with Crippen molar-refractivity contribution in [1.82, 2.24) is 4.90 Å². The molecule has 2 atom stereocenters. The van der Waals surface area contributed by atoms with Crippen molar-refractivity contribution in [2.75, 3.05) is 0 Å². The first-order valence-electron chi connectivity index (χ1n) is 6.41. The lowest BCUT2D eigenvalue weighted by Crippen LogP contribution is -2.47. The first kappa shape index (κ1) is 15.4. The number of amides is 1. The third-order valence-electron chi connectivity index (χ3n) is 2.98. The molecule has 1 aliphatic rings. The number of nitrogens with zero attached hydrogens (tertiary/aromatic N) is 1. The predicted octanol–water partition coefficient (Wildman–Crippen LogP) is 1.46. The summed E-state index contributed by atoms with van der Waals surface area (Å²) in [5, 5.41) is 0. The highest BCUT2D eigenvalue weighted by atomic mass is 16.6. The van der Waals surface area contributed by atoms with Gasteiger partial charge in [-0.3, -0.25) is 9.59 Å². The fourth-order valence-corrected chi connectivity index (χ4v) is 2.30. The summed E-state index contributed by atoms with van der Waals surface area (Å²) in [6.45, 7) is 8.94. The number of carbonyl (C=O) groups is 3. The molecule has 106 valence electrons. The van der Waals surface area contributed by atoms with E-state index in [2.05, 4.69) is 6.58 Å². The summed E-state index contributed by atoms with van der Waals surface area (Å²) in [7, 11) is 0. The van der Waals surface area contributed by atoms with E-state index in [0.717, 1.165) is 0 Å². The number of ether oxygens (including phenoxy) is 1. The van der Waals surface area contributed by atoms with Crippen molar-refractivity contribution in [3.63, 3.8) is 0 Å². The van der Waals surface area contributed by atoms with Crippen molar-refractivity contribution in [3.05, 3.63) is 12.7 Å². The first-order valence-corrected chi connectivity index (χ1v) is 6.41. The molecule has 1 unspecified atom stereocenters. The summed E-state index contributed by atoms with van der Waals surface area (Å²) in [6, 6.07) is -0.811. The Morgan fingerprint density at radius 2 is 2.00 bits per heavy atom. The Balaban J connectivity index is 2.87. The zero-order valence-corrected chi connectivity index (χ0v) is 11.7. The summed E-state index contributed by atoms with van der Waals surface area (Å²) in [5.74, 6) is -1.12. The van der Waals surface area contributed by atoms with Gasteiger partial charge in [0.25, 0.3) is 5.91 Å². The predicted molar refractivity (Wildman–Crippen MR) is 70.4 cm³/mol. The topological polar surface area (TPSA) is 63.7 Å². The van der Waals surface area contributed by atoms with E-state index >= 15 is 0 Å². The van der Waals surface area contributed by atoms with Crippen LogP contribution in [-0.2, 0) is 19.1 Å². The second-order valence-corrected chi connectivity index (χ2v) is 5.67. The molecule has 19 heavy (non-hydrogen) atoms. The number of likely N-dealkylation sites (tertiary alicyclic amines) is 1. The van der Waals surface area contributed by atoms with E-state index in [4.69, 9.17) is 4.74 Å². The molecule has 0 spiro atoms. The molecular formula is C14H21NO4. The van der Waals surface area contributed by atoms with Crippen LogP contribution < -0.4 is 0 Å². The molecule has 1 fully saturated rings. The van der Waals surface area contributed by atoms with E-state index in [1.807, 2.05) is 0 Å². The van der Waals surface area contributed by atoms with Crippen LogP contribution in [0.2, 0.25) is 0 Å². The fourth-order valence-electron chi connectivity index (χ4n) is 2.30. The Kier molecular flexibility index (Phi) is 4.86. The molecule has 0 aromatic rings. The van der Waals surface area contributed by atoms with Gasteiger partial charge in [0, 0.05) is 6.04 Å². The van der Waals surface area contributed by atoms with Crippen molar-refractivity contribution < 1.29 is 19.1 Å². The van der Waals surface area contributed by atoms with Crippen LogP contribution in [0.5, 0.6) is 0 Å². The normalized spacial score (nSPS) is 23.0. The number of rotatable bonds is 4. The number of aldehydes is 1. The largest absolute Gasteiger partial charge is 0.458 e. The van der Waals surface area contributed by atoms with E-state index in [-0.39, 0.29) is 12.3 Å². The first-order chi connectivity index (χ1) is 8.80. The van der Waals surface area contributed by atoms with Crippen LogP contribution in [0.1, 0.15) is 40.0 Å². The van der Waals surface area contributed by atoms with Crippen molar-refractivity contribution in [2.24, 2.45) is 0 Å². The van der Waals surface area contributed by atoms with E-state index in [1.54, 1.807) is 26.8 Å². The maximum atomic E-state index is 12.1. The molecule has 1 heterocycles. The molecular weight excluding hydrogens is 246 g/mol. The molecule has 0 aromatic heterocycles. The van der Waals surface area contributed by atoms with Crippen LogP contribution in [0.25, 0.3) is 0 Å². The Bertz CT molecular complexity index is 383.